The number of hydrogen-bond acceptors (Lipinski definition) is 4. The molecule has 3 aromatic rings. The predicted octanol–water partition coefficient (Wildman–Crippen LogP) is 3.45. The molecule has 0 N–H and O–H groups in total. The van der Waals surface area contributed by atoms with E-state index in [1.807, 2.05) is 61.3 Å². The van der Waals surface area contributed by atoms with Crippen LogP contribution in [-0.4, -0.2) is 13.0 Å². The molecule has 5 nitrogen and oxygen atoms in total. The van der Waals surface area contributed by atoms with Crippen molar-refractivity contribution in [2.24, 2.45) is 7.05 Å². The number of rotatable bonds is 3. The van der Waals surface area contributed by atoms with Gasteiger partial charge in [0.05, 0.1) is 16.5 Å². The number of nitriles is 1. The molecular formula is C22H20N2O3S. The molecule has 0 aliphatic carbocycles. The van der Waals surface area contributed by atoms with E-state index < -0.39 is 10.1 Å². The van der Waals surface area contributed by atoms with Crippen molar-refractivity contribution in [1.29, 1.82) is 5.26 Å². The van der Waals surface area contributed by atoms with Gasteiger partial charge in [0.2, 0.25) is 0 Å². The number of hydrogen-bond donors (Lipinski definition) is 0. The highest BCUT2D eigenvalue weighted by Gasteiger charge is 1.98. The summed E-state index contributed by atoms with van der Waals surface area (Å²) < 4.78 is 33.2. The Hall–Kier alpha value is -3.27. The Kier molecular flexibility index (Phi) is 7.21. The highest BCUT2D eigenvalue weighted by molar-refractivity contribution is 7.85. The fourth-order valence-corrected chi connectivity index (χ4v) is 2.66. The molecule has 3 rings (SSSR count). The van der Waals surface area contributed by atoms with Gasteiger partial charge in [0.25, 0.3) is 0 Å². The summed E-state index contributed by atoms with van der Waals surface area (Å²) in [6, 6.07) is 19.5. The van der Waals surface area contributed by atoms with Gasteiger partial charge in [-0.15, -0.1) is 0 Å². The number of pyridine rings is 1. The summed E-state index contributed by atoms with van der Waals surface area (Å²) in [4.78, 5) is -0.178. The topological polar surface area (TPSA) is 84.9 Å². The van der Waals surface area contributed by atoms with E-state index in [1.54, 1.807) is 12.1 Å². The van der Waals surface area contributed by atoms with Crippen molar-refractivity contribution in [3.63, 3.8) is 0 Å². The first-order chi connectivity index (χ1) is 13.3. The van der Waals surface area contributed by atoms with Gasteiger partial charge in [-0.1, -0.05) is 42.0 Å². The number of aromatic nitrogens is 1. The Bertz CT molecular complexity index is 1080. The third kappa shape index (κ3) is 6.80. The van der Waals surface area contributed by atoms with Crippen LogP contribution in [0.4, 0.5) is 0 Å². The largest absolute Gasteiger partial charge is 0.744 e. The Morgan fingerprint density at radius 1 is 0.893 bits per heavy atom. The second-order valence-corrected chi connectivity index (χ2v) is 7.51. The van der Waals surface area contributed by atoms with E-state index in [1.165, 1.54) is 12.1 Å². The van der Waals surface area contributed by atoms with E-state index in [4.69, 9.17) is 5.26 Å². The minimum absolute atomic E-state index is 0.178. The molecule has 0 bridgehead atoms. The minimum atomic E-state index is -4.27. The summed E-state index contributed by atoms with van der Waals surface area (Å²) in [5.41, 5.74) is 3.87. The average Bonchev–Trinajstić information content (AvgIpc) is 2.68. The van der Waals surface area contributed by atoms with Crippen LogP contribution in [0.2, 0.25) is 0 Å². The zero-order chi connectivity index (χ0) is 20.6. The maximum atomic E-state index is 10.4. The molecule has 6 heteroatoms. The van der Waals surface area contributed by atoms with Gasteiger partial charge < -0.3 is 4.55 Å². The zero-order valence-corrected chi connectivity index (χ0v) is 16.4. The van der Waals surface area contributed by atoms with E-state index in [9.17, 15) is 13.0 Å². The molecule has 142 valence electrons. The smallest absolute Gasteiger partial charge is 0.169 e. The summed E-state index contributed by atoms with van der Waals surface area (Å²) in [6.07, 6.45) is 8.12. The van der Waals surface area contributed by atoms with Crippen molar-refractivity contribution in [2.45, 2.75) is 11.8 Å². The fraction of sp³-hybridized carbons (Fsp3) is 0.0909. The van der Waals surface area contributed by atoms with E-state index in [0.717, 1.165) is 16.7 Å². The Morgan fingerprint density at radius 2 is 1.39 bits per heavy atom. The first kappa shape index (κ1) is 21.0. The lowest BCUT2D eigenvalue weighted by Crippen LogP contribution is -2.25. The Labute approximate surface area is 165 Å². The van der Waals surface area contributed by atoms with Crippen LogP contribution in [0.1, 0.15) is 22.3 Å². The van der Waals surface area contributed by atoms with Gasteiger partial charge in [-0.25, -0.2) is 13.0 Å². The SMILES string of the molecule is C[n+]1ccc(C=Cc2ccc(C#N)cc2)cc1.Cc1ccc(S(=O)(=O)[O-])cc1. The van der Waals surface area contributed by atoms with E-state index in [-0.39, 0.29) is 4.90 Å². The second-order valence-electron chi connectivity index (χ2n) is 6.13. The third-order valence-corrected chi connectivity index (χ3v) is 4.67. The summed E-state index contributed by atoms with van der Waals surface area (Å²) in [5, 5.41) is 8.69. The molecule has 0 unspecified atom stereocenters. The standard InChI is InChI=1S/C15H13N2.C7H8O3S/c1-17-10-8-14(9-11-17)3-2-13-4-6-15(12-16)7-5-13;1-6-2-4-7(5-3-6)11(8,9)10/h2-11H,1H3;2-5H,1H3,(H,8,9,10)/q+1;/p-1. The predicted molar refractivity (Wildman–Crippen MR) is 107 cm³/mol. The summed E-state index contributed by atoms with van der Waals surface area (Å²) in [7, 11) is -2.28. The summed E-state index contributed by atoms with van der Waals surface area (Å²) in [6.45, 7) is 1.82. The van der Waals surface area contributed by atoms with Gasteiger partial charge in [-0.3, -0.25) is 0 Å². The van der Waals surface area contributed by atoms with Crippen molar-refractivity contribution in [2.75, 3.05) is 0 Å². The molecule has 0 spiro atoms. The molecule has 0 fully saturated rings. The third-order valence-electron chi connectivity index (χ3n) is 3.82. The van der Waals surface area contributed by atoms with Crippen molar-refractivity contribution in [1.82, 2.24) is 0 Å². The second kappa shape index (κ2) is 9.60. The molecule has 0 saturated carbocycles. The van der Waals surface area contributed by atoms with Crippen molar-refractivity contribution >= 4 is 22.3 Å². The van der Waals surface area contributed by atoms with Crippen LogP contribution in [0.15, 0.2) is 78.0 Å². The van der Waals surface area contributed by atoms with Crippen molar-refractivity contribution in [3.05, 3.63) is 95.3 Å². The molecule has 28 heavy (non-hydrogen) atoms. The van der Waals surface area contributed by atoms with Crippen LogP contribution in [0.5, 0.6) is 0 Å². The van der Waals surface area contributed by atoms with Gasteiger partial charge in [0, 0.05) is 12.1 Å². The molecule has 0 amide bonds. The normalized spacial score (nSPS) is 10.8. The highest BCUT2D eigenvalue weighted by atomic mass is 32.2. The molecular weight excluding hydrogens is 372 g/mol. The van der Waals surface area contributed by atoms with E-state index >= 15 is 0 Å². The molecule has 1 heterocycles. The quantitative estimate of drug-likeness (QED) is 0.505. The maximum absolute atomic E-state index is 10.4. The van der Waals surface area contributed by atoms with Crippen LogP contribution in [0, 0.1) is 18.3 Å². The summed E-state index contributed by atoms with van der Waals surface area (Å²) in [5.74, 6) is 0. The summed E-state index contributed by atoms with van der Waals surface area (Å²) >= 11 is 0. The van der Waals surface area contributed by atoms with E-state index in [2.05, 4.69) is 24.3 Å². The number of benzene rings is 2. The van der Waals surface area contributed by atoms with Gasteiger partial charge in [-0.05, 0) is 42.3 Å². The molecule has 0 radical (unpaired) electrons. The molecule has 0 atom stereocenters. The molecule has 1 aromatic heterocycles. The van der Waals surface area contributed by atoms with Gasteiger partial charge in [0.15, 0.2) is 12.4 Å². The molecule has 0 saturated heterocycles. The lowest BCUT2D eigenvalue weighted by molar-refractivity contribution is -0.671. The first-order valence-electron chi connectivity index (χ1n) is 8.44. The number of nitrogens with zero attached hydrogens (tertiary/aromatic N) is 2. The Morgan fingerprint density at radius 3 is 1.86 bits per heavy atom. The van der Waals surface area contributed by atoms with Crippen LogP contribution in [0.25, 0.3) is 12.2 Å². The Balaban J connectivity index is 0.000000221. The average molecular weight is 392 g/mol. The fourth-order valence-electron chi connectivity index (χ4n) is 2.19. The molecule has 0 aliphatic rings. The monoisotopic (exact) mass is 392 g/mol. The highest BCUT2D eigenvalue weighted by Crippen LogP contribution is 2.09. The molecule has 2 aromatic carbocycles. The first-order valence-corrected chi connectivity index (χ1v) is 9.85. The lowest BCUT2D eigenvalue weighted by atomic mass is 10.1. The van der Waals surface area contributed by atoms with Gasteiger partial charge >= 0.3 is 0 Å². The van der Waals surface area contributed by atoms with Crippen LogP contribution in [-0.2, 0) is 17.2 Å². The van der Waals surface area contributed by atoms with Crippen LogP contribution < -0.4 is 4.57 Å². The van der Waals surface area contributed by atoms with Gasteiger partial charge in [-0.2, -0.15) is 5.26 Å². The molecule has 0 aliphatic heterocycles. The van der Waals surface area contributed by atoms with Crippen molar-refractivity contribution < 1.29 is 17.5 Å². The minimum Gasteiger partial charge on any atom is -0.744 e. The van der Waals surface area contributed by atoms with Gasteiger partial charge in [0.1, 0.15) is 17.2 Å². The lowest BCUT2D eigenvalue weighted by Gasteiger charge is -2.05. The van der Waals surface area contributed by atoms with Crippen LogP contribution in [0.3, 0.4) is 0 Å². The number of aryl methyl sites for hydroxylation is 2. The van der Waals surface area contributed by atoms with Crippen molar-refractivity contribution in [3.8, 4) is 6.07 Å². The zero-order valence-electron chi connectivity index (χ0n) is 15.6. The van der Waals surface area contributed by atoms with E-state index in [0.29, 0.717) is 5.56 Å². The van der Waals surface area contributed by atoms with Crippen LogP contribution >= 0.6 is 0 Å². The maximum Gasteiger partial charge on any atom is 0.169 e.